The fraction of sp³-hybridized carbons (Fsp3) is 0.211. The second kappa shape index (κ2) is 7.46. The van der Waals surface area contributed by atoms with Crippen molar-refractivity contribution in [3.05, 3.63) is 65.2 Å². The van der Waals surface area contributed by atoms with Gasteiger partial charge in [0.15, 0.2) is 5.78 Å². The average molecular weight is 295 g/mol. The van der Waals surface area contributed by atoms with Crippen LogP contribution in [0.1, 0.15) is 36.2 Å². The third-order valence-corrected chi connectivity index (χ3v) is 3.27. The van der Waals surface area contributed by atoms with Crippen LogP contribution in [0.25, 0.3) is 6.08 Å². The van der Waals surface area contributed by atoms with Gasteiger partial charge in [-0.15, -0.1) is 0 Å². The Kier molecular flexibility index (Phi) is 5.37. The lowest BCUT2D eigenvalue weighted by Gasteiger charge is -2.05. The van der Waals surface area contributed by atoms with Gasteiger partial charge in [0.1, 0.15) is 5.75 Å². The third kappa shape index (κ3) is 4.22. The predicted octanol–water partition coefficient (Wildman–Crippen LogP) is 4.34. The molecule has 0 spiro atoms. The normalized spacial score (nSPS) is 11.3. The summed E-state index contributed by atoms with van der Waals surface area (Å²) in [5.41, 5.74) is 8.60. The Bertz CT molecular complexity index is 655. The number of ketones is 1. The quantitative estimate of drug-likeness (QED) is 0.490. The van der Waals surface area contributed by atoms with Crippen molar-refractivity contribution in [3.63, 3.8) is 0 Å². The molecule has 0 bridgehead atoms. The first-order valence-electron chi connectivity index (χ1n) is 7.41. The first-order chi connectivity index (χ1) is 10.6. The molecule has 2 aromatic carbocycles. The summed E-state index contributed by atoms with van der Waals surface area (Å²) in [7, 11) is 0. The number of Topliss-reactive ketones (excluding diaryl/α,β-unsaturated/α-hetero) is 1. The molecule has 114 valence electrons. The molecular weight excluding hydrogens is 274 g/mol. The first-order valence-corrected chi connectivity index (χ1v) is 7.41. The minimum Gasteiger partial charge on any atom is -0.494 e. The van der Waals surface area contributed by atoms with Crippen molar-refractivity contribution in [3.8, 4) is 5.75 Å². The molecule has 2 aromatic rings. The van der Waals surface area contributed by atoms with Crippen molar-refractivity contribution in [1.29, 1.82) is 0 Å². The number of rotatable bonds is 6. The Hall–Kier alpha value is -2.55. The molecule has 0 amide bonds. The monoisotopic (exact) mass is 295 g/mol. The van der Waals surface area contributed by atoms with Gasteiger partial charge < -0.3 is 10.5 Å². The van der Waals surface area contributed by atoms with E-state index in [1.165, 1.54) is 0 Å². The Labute approximate surface area is 131 Å². The molecule has 0 radical (unpaired) electrons. The molecule has 3 heteroatoms. The molecule has 0 atom stereocenters. The first kappa shape index (κ1) is 15.8. The van der Waals surface area contributed by atoms with E-state index < -0.39 is 0 Å². The molecule has 0 saturated heterocycles. The summed E-state index contributed by atoms with van der Waals surface area (Å²) in [5.74, 6) is 0.854. The number of anilines is 1. The fourth-order valence-corrected chi connectivity index (χ4v) is 2.06. The topological polar surface area (TPSA) is 52.3 Å². The van der Waals surface area contributed by atoms with Crippen molar-refractivity contribution in [2.75, 3.05) is 12.3 Å². The van der Waals surface area contributed by atoms with Gasteiger partial charge in [0, 0.05) is 11.3 Å². The lowest BCUT2D eigenvalue weighted by Crippen LogP contribution is -2.00. The van der Waals surface area contributed by atoms with Crippen LogP contribution in [0, 0.1) is 0 Å². The maximum absolute atomic E-state index is 12.3. The molecule has 2 N–H and O–H groups in total. The molecular formula is C19H21NO2. The van der Waals surface area contributed by atoms with E-state index >= 15 is 0 Å². The minimum atomic E-state index is 0.00584. The number of ether oxygens (including phenoxy) is 1. The predicted molar refractivity (Wildman–Crippen MR) is 91.1 cm³/mol. The molecule has 0 aromatic heterocycles. The number of allylic oxidation sites excluding steroid dienone is 1. The summed E-state index contributed by atoms with van der Waals surface area (Å²) in [6.07, 6.45) is 2.86. The van der Waals surface area contributed by atoms with E-state index in [9.17, 15) is 4.79 Å². The second-order valence-corrected chi connectivity index (χ2v) is 5.20. The highest BCUT2D eigenvalue weighted by Gasteiger charge is 2.07. The van der Waals surface area contributed by atoms with Crippen LogP contribution in [0.2, 0.25) is 0 Å². The summed E-state index contributed by atoms with van der Waals surface area (Å²) in [6, 6.07) is 14.7. The largest absolute Gasteiger partial charge is 0.494 e. The molecule has 0 aliphatic heterocycles. The van der Waals surface area contributed by atoms with Gasteiger partial charge in [0.05, 0.1) is 6.61 Å². The van der Waals surface area contributed by atoms with Gasteiger partial charge in [-0.05, 0) is 67.0 Å². The standard InChI is InChI=1S/C19H21NO2/c1-3-12-22-18-10-4-15(5-11-18)13-14(2)19(21)16-6-8-17(20)9-7-16/h4-11,13H,3,12,20H2,1-2H3. The Morgan fingerprint density at radius 1 is 1.09 bits per heavy atom. The minimum absolute atomic E-state index is 0.00584. The number of nitrogen functional groups attached to an aromatic ring is 1. The van der Waals surface area contributed by atoms with Gasteiger partial charge in [0.2, 0.25) is 0 Å². The summed E-state index contributed by atoms with van der Waals surface area (Å²) < 4.78 is 5.54. The Morgan fingerprint density at radius 2 is 1.73 bits per heavy atom. The van der Waals surface area contributed by atoms with E-state index in [1.807, 2.05) is 37.3 Å². The van der Waals surface area contributed by atoms with Crippen LogP contribution >= 0.6 is 0 Å². The van der Waals surface area contributed by atoms with E-state index in [0.29, 0.717) is 23.4 Å². The number of benzene rings is 2. The number of carbonyl (C=O) groups is 1. The maximum atomic E-state index is 12.3. The van der Waals surface area contributed by atoms with Gasteiger partial charge in [-0.2, -0.15) is 0 Å². The van der Waals surface area contributed by atoms with Crippen molar-refractivity contribution < 1.29 is 9.53 Å². The van der Waals surface area contributed by atoms with Crippen molar-refractivity contribution in [2.24, 2.45) is 0 Å². The number of hydrogen-bond donors (Lipinski definition) is 1. The lowest BCUT2D eigenvalue weighted by atomic mass is 10.0. The Balaban J connectivity index is 2.10. The third-order valence-electron chi connectivity index (χ3n) is 3.27. The molecule has 22 heavy (non-hydrogen) atoms. The van der Waals surface area contributed by atoms with E-state index in [0.717, 1.165) is 17.7 Å². The zero-order chi connectivity index (χ0) is 15.9. The van der Waals surface area contributed by atoms with E-state index in [1.54, 1.807) is 24.3 Å². The van der Waals surface area contributed by atoms with E-state index in [2.05, 4.69) is 6.92 Å². The SMILES string of the molecule is CCCOc1ccc(C=C(C)C(=O)c2ccc(N)cc2)cc1. The van der Waals surface area contributed by atoms with Gasteiger partial charge in [0.25, 0.3) is 0 Å². The molecule has 0 saturated carbocycles. The van der Waals surface area contributed by atoms with Crippen LogP contribution in [0.4, 0.5) is 5.69 Å². The zero-order valence-corrected chi connectivity index (χ0v) is 13.0. The summed E-state index contributed by atoms with van der Waals surface area (Å²) in [6.45, 7) is 4.60. The second-order valence-electron chi connectivity index (χ2n) is 5.20. The smallest absolute Gasteiger partial charge is 0.188 e. The molecule has 3 nitrogen and oxygen atoms in total. The van der Waals surface area contributed by atoms with Gasteiger partial charge in [-0.25, -0.2) is 0 Å². The van der Waals surface area contributed by atoms with E-state index in [-0.39, 0.29) is 5.78 Å². The molecule has 0 heterocycles. The van der Waals surface area contributed by atoms with E-state index in [4.69, 9.17) is 10.5 Å². The van der Waals surface area contributed by atoms with Crippen LogP contribution in [-0.2, 0) is 0 Å². The Morgan fingerprint density at radius 3 is 2.32 bits per heavy atom. The average Bonchev–Trinajstić information content (AvgIpc) is 2.54. The molecule has 0 unspecified atom stereocenters. The van der Waals surface area contributed by atoms with Crippen LogP contribution in [-0.4, -0.2) is 12.4 Å². The fourth-order valence-electron chi connectivity index (χ4n) is 2.06. The lowest BCUT2D eigenvalue weighted by molar-refractivity contribution is 0.103. The van der Waals surface area contributed by atoms with Crippen molar-refractivity contribution in [2.45, 2.75) is 20.3 Å². The van der Waals surface area contributed by atoms with Gasteiger partial charge >= 0.3 is 0 Å². The molecule has 0 aliphatic rings. The highest BCUT2D eigenvalue weighted by molar-refractivity contribution is 6.11. The molecule has 0 aliphatic carbocycles. The van der Waals surface area contributed by atoms with Gasteiger partial charge in [-0.1, -0.05) is 19.1 Å². The summed E-state index contributed by atoms with van der Waals surface area (Å²) in [5, 5.41) is 0. The van der Waals surface area contributed by atoms with Crippen LogP contribution in [0.15, 0.2) is 54.1 Å². The molecule has 2 rings (SSSR count). The maximum Gasteiger partial charge on any atom is 0.188 e. The molecule has 0 fully saturated rings. The van der Waals surface area contributed by atoms with Gasteiger partial charge in [-0.3, -0.25) is 4.79 Å². The highest BCUT2D eigenvalue weighted by atomic mass is 16.5. The van der Waals surface area contributed by atoms with Crippen LogP contribution in [0.3, 0.4) is 0 Å². The number of nitrogens with two attached hydrogens (primary N) is 1. The van der Waals surface area contributed by atoms with Crippen LogP contribution < -0.4 is 10.5 Å². The number of carbonyl (C=O) groups excluding carboxylic acids is 1. The van der Waals surface area contributed by atoms with Crippen LogP contribution in [0.5, 0.6) is 5.75 Å². The van der Waals surface area contributed by atoms with Crippen molar-refractivity contribution >= 4 is 17.5 Å². The summed E-state index contributed by atoms with van der Waals surface area (Å²) >= 11 is 0. The highest BCUT2D eigenvalue weighted by Crippen LogP contribution is 2.17. The zero-order valence-electron chi connectivity index (χ0n) is 13.0. The number of hydrogen-bond acceptors (Lipinski definition) is 3. The van der Waals surface area contributed by atoms with Crippen molar-refractivity contribution in [1.82, 2.24) is 0 Å². The summed E-state index contributed by atoms with van der Waals surface area (Å²) in [4.78, 5) is 12.3.